The zero-order valence-electron chi connectivity index (χ0n) is 20.3. The Labute approximate surface area is 227 Å². The average molecular weight is 578 g/mol. The van der Waals surface area contributed by atoms with Crippen molar-refractivity contribution >= 4 is 64.8 Å². The van der Waals surface area contributed by atoms with E-state index in [-0.39, 0.29) is 27.1 Å². The number of nitrogens with one attached hydrogen (secondary N) is 1. The highest BCUT2D eigenvalue weighted by molar-refractivity contribution is 7.86. The highest BCUT2D eigenvalue weighted by Gasteiger charge is 2.19. The van der Waals surface area contributed by atoms with Crippen LogP contribution in [0.4, 0.5) is 17.1 Å². The van der Waals surface area contributed by atoms with Crippen molar-refractivity contribution in [1.82, 2.24) is 0 Å². The van der Waals surface area contributed by atoms with Crippen LogP contribution in [-0.2, 0) is 20.2 Å². The number of rotatable bonds is 6. The predicted molar refractivity (Wildman–Crippen MR) is 148 cm³/mol. The number of fused-ring (bicyclic) bond motifs is 2. The lowest BCUT2D eigenvalue weighted by Crippen LogP contribution is -2.11. The second kappa shape index (κ2) is 10.1. The van der Waals surface area contributed by atoms with Crippen molar-refractivity contribution in [1.29, 1.82) is 0 Å². The second-order valence-corrected chi connectivity index (χ2v) is 11.5. The van der Waals surface area contributed by atoms with Gasteiger partial charge in [-0.15, -0.1) is 5.11 Å². The third-order valence-electron chi connectivity index (χ3n) is 6.01. The number of benzene rings is 5. The van der Waals surface area contributed by atoms with Gasteiger partial charge in [0.15, 0.2) is 5.75 Å². The number of hydrogen-bond acceptors (Lipinski definition) is 8. The molecule has 0 atom stereocenters. The fourth-order valence-corrected chi connectivity index (χ4v) is 5.29. The number of azo groups is 1. The number of carbonyl (C=O) groups excluding carboxylic acids is 1. The van der Waals surface area contributed by atoms with Crippen molar-refractivity contribution in [2.45, 2.75) is 9.79 Å². The molecule has 0 spiro atoms. The van der Waals surface area contributed by atoms with Gasteiger partial charge in [0.2, 0.25) is 0 Å². The van der Waals surface area contributed by atoms with Crippen LogP contribution in [-0.4, -0.2) is 37.0 Å². The van der Waals surface area contributed by atoms with Crippen LogP contribution < -0.4 is 5.32 Å². The normalized spacial score (nSPS) is 12.2. The van der Waals surface area contributed by atoms with Gasteiger partial charge in [0.25, 0.3) is 26.1 Å². The van der Waals surface area contributed by atoms with E-state index in [9.17, 15) is 35.8 Å². The van der Waals surface area contributed by atoms with Gasteiger partial charge in [0, 0.05) is 22.0 Å². The fourth-order valence-electron chi connectivity index (χ4n) is 4.06. The predicted octanol–water partition coefficient (Wildman–Crippen LogP) is 5.86. The van der Waals surface area contributed by atoms with Crippen molar-refractivity contribution < 1.29 is 35.8 Å². The summed E-state index contributed by atoms with van der Waals surface area (Å²) in [6.45, 7) is 0. The monoisotopic (exact) mass is 577 g/mol. The Morgan fingerprint density at radius 1 is 0.700 bits per heavy atom. The van der Waals surface area contributed by atoms with Gasteiger partial charge < -0.3 is 10.4 Å². The molecule has 0 aliphatic carbocycles. The summed E-state index contributed by atoms with van der Waals surface area (Å²) >= 11 is 0. The molecule has 5 aromatic carbocycles. The molecule has 5 aromatic rings. The summed E-state index contributed by atoms with van der Waals surface area (Å²) in [5.74, 6) is -0.741. The molecule has 11 nitrogen and oxygen atoms in total. The number of amides is 1. The second-order valence-electron chi connectivity index (χ2n) is 8.66. The van der Waals surface area contributed by atoms with E-state index >= 15 is 0 Å². The molecule has 5 rings (SSSR count). The molecule has 40 heavy (non-hydrogen) atoms. The average Bonchev–Trinajstić information content (AvgIpc) is 2.91. The van der Waals surface area contributed by atoms with E-state index in [0.717, 1.165) is 6.07 Å². The van der Waals surface area contributed by atoms with E-state index < -0.39 is 31.0 Å². The Morgan fingerprint density at radius 2 is 1.35 bits per heavy atom. The molecule has 0 saturated carbocycles. The van der Waals surface area contributed by atoms with Crippen LogP contribution in [0.2, 0.25) is 0 Å². The van der Waals surface area contributed by atoms with Gasteiger partial charge in [0.1, 0.15) is 10.6 Å². The lowest BCUT2D eigenvalue weighted by Gasteiger charge is -2.08. The molecule has 4 N–H and O–H groups in total. The number of phenols is 1. The van der Waals surface area contributed by atoms with Crippen molar-refractivity contribution in [3.05, 3.63) is 96.6 Å². The van der Waals surface area contributed by atoms with Gasteiger partial charge in [-0.1, -0.05) is 36.4 Å². The molecule has 0 heterocycles. The zero-order valence-corrected chi connectivity index (χ0v) is 21.9. The van der Waals surface area contributed by atoms with Gasteiger partial charge in [0.05, 0.1) is 10.6 Å². The fraction of sp³-hybridized carbons (Fsp3) is 0. The molecule has 0 aliphatic rings. The molecule has 0 radical (unpaired) electrons. The van der Waals surface area contributed by atoms with Crippen molar-refractivity contribution in [3.63, 3.8) is 0 Å². The van der Waals surface area contributed by atoms with Crippen LogP contribution >= 0.6 is 0 Å². The number of aromatic hydroxyl groups is 1. The Hall–Kier alpha value is -4.69. The summed E-state index contributed by atoms with van der Waals surface area (Å²) in [5, 5.41) is 22.8. The minimum Gasteiger partial charge on any atom is -0.505 e. The molecular formula is C27H19N3O8S2. The molecule has 1 amide bonds. The summed E-state index contributed by atoms with van der Waals surface area (Å²) in [6.07, 6.45) is 0. The first-order valence-electron chi connectivity index (χ1n) is 11.5. The zero-order chi connectivity index (χ0) is 28.7. The molecule has 0 aromatic heterocycles. The first kappa shape index (κ1) is 26.9. The van der Waals surface area contributed by atoms with E-state index in [1.54, 1.807) is 30.3 Å². The molecule has 0 fully saturated rings. The maximum Gasteiger partial charge on any atom is 0.295 e. The lowest BCUT2D eigenvalue weighted by molar-refractivity contribution is 0.102. The van der Waals surface area contributed by atoms with Crippen molar-refractivity contribution in [3.8, 4) is 5.75 Å². The summed E-state index contributed by atoms with van der Waals surface area (Å²) in [7, 11) is -8.94. The van der Waals surface area contributed by atoms with Crippen LogP contribution in [0.3, 0.4) is 0 Å². The van der Waals surface area contributed by atoms with E-state index in [1.165, 1.54) is 54.6 Å². The summed E-state index contributed by atoms with van der Waals surface area (Å²) in [6, 6.07) is 22.0. The van der Waals surface area contributed by atoms with E-state index in [0.29, 0.717) is 27.7 Å². The Bertz CT molecular complexity index is 2060. The van der Waals surface area contributed by atoms with Gasteiger partial charge in [-0.2, -0.15) is 21.9 Å². The van der Waals surface area contributed by atoms with Gasteiger partial charge in [-0.05, 0) is 65.4 Å². The quantitative estimate of drug-likeness (QED) is 0.143. The van der Waals surface area contributed by atoms with Gasteiger partial charge in [-0.3, -0.25) is 13.9 Å². The molecule has 202 valence electrons. The maximum absolute atomic E-state index is 12.7. The molecule has 0 aliphatic heterocycles. The molecule has 13 heteroatoms. The minimum absolute atomic E-state index is 0.131. The van der Waals surface area contributed by atoms with Gasteiger partial charge >= 0.3 is 0 Å². The molecule has 0 bridgehead atoms. The topological polar surface area (TPSA) is 183 Å². The number of phenolic OH excluding ortho intramolecular Hbond substituents is 1. The number of hydrogen-bond donors (Lipinski definition) is 4. The number of anilines is 1. The largest absolute Gasteiger partial charge is 0.505 e. The SMILES string of the molecule is O=C(Nc1ccc2cc(S(=O)(=O)O)ccc2c1)c1ccc(/N=N/c2cc(S(=O)(=O)O)c3ccccc3c2O)cc1. The third kappa shape index (κ3) is 5.53. The van der Waals surface area contributed by atoms with Crippen molar-refractivity contribution in [2.75, 3.05) is 5.32 Å². The van der Waals surface area contributed by atoms with Crippen molar-refractivity contribution in [2.24, 2.45) is 10.2 Å². The standard InChI is InChI=1S/C27H19N3O8S2/c31-26-23-4-2-1-3-22(23)25(40(36,37)38)15-24(26)30-29-19-9-5-16(6-10-19)27(32)28-20-11-7-18-14-21(39(33,34)35)12-8-17(18)13-20/h1-15,31H,(H,28,32)(H,33,34,35)(H,36,37,38)/b30-29+. The van der Waals surface area contributed by atoms with E-state index in [2.05, 4.69) is 15.5 Å². The van der Waals surface area contributed by atoms with Gasteiger partial charge in [-0.25, -0.2) is 0 Å². The summed E-state index contributed by atoms with van der Waals surface area (Å²) < 4.78 is 65.2. The minimum atomic E-state index is -4.60. The highest BCUT2D eigenvalue weighted by Crippen LogP contribution is 2.39. The Morgan fingerprint density at radius 3 is 2.02 bits per heavy atom. The Kier molecular flexibility index (Phi) is 6.81. The summed E-state index contributed by atoms with van der Waals surface area (Å²) in [5.41, 5.74) is 0.885. The number of nitrogens with zero attached hydrogens (tertiary/aromatic N) is 2. The number of carbonyl (C=O) groups is 1. The van der Waals surface area contributed by atoms with Crippen LogP contribution in [0.25, 0.3) is 21.5 Å². The highest BCUT2D eigenvalue weighted by atomic mass is 32.2. The van der Waals surface area contributed by atoms with Crippen LogP contribution in [0.5, 0.6) is 5.75 Å². The molecule has 0 unspecified atom stereocenters. The summed E-state index contributed by atoms with van der Waals surface area (Å²) in [4.78, 5) is 12.1. The van der Waals surface area contributed by atoms with E-state index in [1.807, 2.05) is 0 Å². The molecule has 0 saturated heterocycles. The third-order valence-corrected chi connectivity index (χ3v) is 7.75. The van der Waals surface area contributed by atoms with Crippen LogP contribution in [0.15, 0.2) is 111 Å². The molecular weight excluding hydrogens is 558 g/mol. The Balaban J connectivity index is 1.35. The smallest absolute Gasteiger partial charge is 0.295 e. The maximum atomic E-state index is 12.7. The lowest BCUT2D eigenvalue weighted by atomic mass is 10.1. The van der Waals surface area contributed by atoms with Crippen LogP contribution in [0, 0.1) is 0 Å². The van der Waals surface area contributed by atoms with Crippen LogP contribution in [0.1, 0.15) is 10.4 Å². The first-order valence-corrected chi connectivity index (χ1v) is 14.3. The van der Waals surface area contributed by atoms with E-state index in [4.69, 9.17) is 0 Å². The first-order chi connectivity index (χ1) is 18.9.